The van der Waals surface area contributed by atoms with E-state index in [1.807, 2.05) is 35.5 Å². The maximum atomic E-state index is 14.2. The number of carbonyl (C=O) groups excluding carboxylic acids is 1. The molecule has 6 heteroatoms. The van der Waals surface area contributed by atoms with Gasteiger partial charge >= 0.3 is 0 Å². The zero-order valence-corrected chi connectivity index (χ0v) is 15.4. The summed E-state index contributed by atoms with van der Waals surface area (Å²) in [5.41, 5.74) is 4.17. The number of carbonyl (C=O) groups is 1. The van der Waals surface area contributed by atoms with Gasteiger partial charge in [-0.25, -0.2) is 9.87 Å². The third-order valence-electron chi connectivity index (χ3n) is 6.07. The summed E-state index contributed by atoms with van der Waals surface area (Å²) in [6, 6.07) is 10.9. The van der Waals surface area contributed by atoms with Crippen LogP contribution >= 0.6 is 0 Å². The Morgan fingerprint density at radius 3 is 2.89 bits per heavy atom. The molecule has 0 bridgehead atoms. The number of benzene rings is 2. The average molecular weight is 367 g/mol. The molecule has 1 saturated carbocycles. The fraction of sp³-hybridized carbons (Fsp3) is 0.333. The second-order valence-corrected chi connectivity index (χ2v) is 7.43. The van der Waals surface area contributed by atoms with E-state index in [4.69, 9.17) is 0 Å². The highest BCUT2D eigenvalue weighted by Gasteiger charge is 2.48. The van der Waals surface area contributed by atoms with E-state index in [0.29, 0.717) is 24.0 Å². The smallest absolute Gasteiger partial charge is 0.254 e. The van der Waals surface area contributed by atoms with Crippen molar-refractivity contribution in [2.45, 2.75) is 37.5 Å². The summed E-state index contributed by atoms with van der Waals surface area (Å²) < 4.78 is 16.1. The highest BCUT2D eigenvalue weighted by atomic mass is 19.1. The van der Waals surface area contributed by atoms with Crippen molar-refractivity contribution in [1.82, 2.24) is 15.3 Å². The van der Waals surface area contributed by atoms with Gasteiger partial charge in [0.1, 0.15) is 5.82 Å². The van der Waals surface area contributed by atoms with Crippen LogP contribution in [-0.4, -0.2) is 20.9 Å². The number of rotatable bonds is 3. The van der Waals surface area contributed by atoms with E-state index < -0.39 is 11.3 Å². The first-order valence-electron chi connectivity index (χ1n) is 9.08. The normalized spacial score (nSPS) is 22.3. The minimum Gasteiger partial charge on any atom is -0.289 e. The summed E-state index contributed by atoms with van der Waals surface area (Å²) >= 11 is 0. The molecule has 0 aliphatic heterocycles. The molecular formula is C21H22FN3O2. The topological polar surface area (TPSA) is 67.2 Å². The van der Waals surface area contributed by atoms with E-state index in [-0.39, 0.29) is 11.7 Å². The number of aryl methyl sites for hydroxylation is 1. The second kappa shape index (κ2) is 6.46. The number of amides is 1. The Bertz CT molecular complexity index is 1030. The van der Waals surface area contributed by atoms with E-state index in [0.717, 1.165) is 22.9 Å². The Labute approximate surface area is 156 Å². The van der Waals surface area contributed by atoms with Crippen LogP contribution in [0.5, 0.6) is 0 Å². The maximum absolute atomic E-state index is 14.2. The van der Waals surface area contributed by atoms with E-state index in [2.05, 4.69) is 11.2 Å². The molecule has 3 aromatic rings. The van der Waals surface area contributed by atoms with Gasteiger partial charge in [-0.2, -0.15) is 5.10 Å². The molecule has 1 aromatic heterocycles. The summed E-state index contributed by atoms with van der Waals surface area (Å²) in [6.07, 6.45) is 3.66. The molecule has 1 amide bonds. The molecule has 1 heterocycles. The molecule has 140 valence electrons. The van der Waals surface area contributed by atoms with Crippen molar-refractivity contribution < 1.29 is 14.4 Å². The van der Waals surface area contributed by atoms with E-state index in [9.17, 15) is 14.4 Å². The zero-order valence-electron chi connectivity index (χ0n) is 15.4. The van der Waals surface area contributed by atoms with Gasteiger partial charge in [-0.3, -0.25) is 14.7 Å². The molecule has 0 radical (unpaired) electrons. The van der Waals surface area contributed by atoms with Gasteiger partial charge in [-0.15, -0.1) is 0 Å². The number of nitrogens with zero attached hydrogens (tertiary/aromatic N) is 2. The molecule has 2 aromatic carbocycles. The minimum absolute atomic E-state index is 0.115. The molecule has 5 nitrogen and oxygen atoms in total. The first-order valence-corrected chi connectivity index (χ1v) is 9.08. The van der Waals surface area contributed by atoms with Gasteiger partial charge in [-0.05, 0) is 54.9 Å². The molecule has 4 rings (SSSR count). The van der Waals surface area contributed by atoms with E-state index >= 15 is 0 Å². The number of fused-ring (bicyclic) bond motifs is 1. The van der Waals surface area contributed by atoms with E-state index in [1.54, 1.807) is 19.1 Å². The highest BCUT2D eigenvalue weighted by molar-refractivity contribution is 5.89. The van der Waals surface area contributed by atoms with Gasteiger partial charge in [-0.1, -0.05) is 30.3 Å². The largest absolute Gasteiger partial charge is 0.289 e. The molecule has 2 atom stereocenters. The number of nitrogens with one attached hydrogen (secondary N) is 1. The molecule has 0 spiro atoms. The maximum Gasteiger partial charge on any atom is 0.254 e. The molecule has 0 unspecified atom stereocenters. The standard InChI is InChI=1S/C21H22FN3O2/c1-13-17(7-4-8-18(13)22)21(20(26)24-27)10-9-14(11-21)16-6-3-5-15-12-23-25(2)19(15)16/h3-8,12,14,27H,9-11H2,1-2H3,(H,24,26)/t14-,21-/m0/s1. The van der Waals surface area contributed by atoms with Crippen LogP contribution in [0.1, 0.15) is 41.9 Å². The Hall–Kier alpha value is -2.73. The lowest BCUT2D eigenvalue weighted by molar-refractivity contribution is -0.135. The number of hydrogen-bond donors (Lipinski definition) is 2. The van der Waals surface area contributed by atoms with Crippen LogP contribution in [0.3, 0.4) is 0 Å². The van der Waals surface area contributed by atoms with Crippen molar-refractivity contribution >= 4 is 16.8 Å². The van der Waals surface area contributed by atoms with Crippen LogP contribution in [0.4, 0.5) is 4.39 Å². The van der Waals surface area contributed by atoms with Crippen LogP contribution in [-0.2, 0) is 17.3 Å². The summed E-state index contributed by atoms with van der Waals surface area (Å²) in [4.78, 5) is 12.8. The van der Waals surface area contributed by atoms with Gasteiger partial charge in [0.05, 0.1) is 17.1 Å². The van der Waals surface area contributed by atoms with E-state index in [1.165, 1.54) is 6.07 Å². The molecule has 1 aliphatic carbocycles. The molecule has 2 N–H and O–H groups in total. The number of para-hydroxylation sites is 1. The van der Waals surface area contributed by atoms with Crippen LogP contribution in [0.2, 0.25) is 0 Å². The summed E-state index contributed by atoms with van der Waals surface area (Å²) in [6.45, 7) is 1.69. The molecule has 1 aliphatic rings. The van der Waals surface area contributed by atoms with Gasteiger partial charge in [0, 0.05) is 12.4 Å². The SMILES string of the molecule is Cc1c(F)cccc1[C@]1(C(=O)NO)CC[C@H](c2cccc3cnn(C)c23)C1. The van der Waals surface area contributed by atoms with Crippen LogP contribution in [0.15, 0.2) is 42.6 Å². The molecule has 27 heavy (non-hydrogen) atoms. The fourth-order valence-corrected chi connectivity index (χ4v) is 4.71. The lowest BCUT2D eigenvalue weighted by atomic mass is 9.75. The van der Waals surface area contributed by atoms with Crippen molar-refractivity contribution in [1.29, 1.82) is 0 Å². The predicted molar refractivity (Wildman–Crippen MR) is 100 cm³/mol. The summed E-state index contributed by atoms with van der Waals surface area (Å²) in [5.74, 6) is -0.699. The van der Waals surface area contributed by atoms with Crippen molar-refractivity contribution in [2.24, 2.45) is 7.05 Å². The Morgan fingerprint density at radius 2 is 2.11 bits per heavy atom. The molecular weight excluding hydrogens is 345 g/mol. The van der Waals surface area contributed by atoms with Crippen LogP contribution in [0, 0.1) is 12.7 Å². The van der Waals surface area contributed by atoms with Crippen molar-refractivity contribution in [3.63, 3.8) is 0 Å². The third kappa shape index (κ3) is 2.63. The molecule has 1 fully saturated rings. The quantitative estimate of drug-likeness (QED) is 0.547. The average Bonchev–Trinajstić information content (AvgIpc) is 3.29. The highest BCUT2D eigenvalue weighted by Crippen LogP contribution is 2.50. The number of hydroxylamine groups is 1. The van der Waals surface area contributed by atoms with Gasteiger partial charge in [0.2, 0.25) is 0 Å². The number of halogens is 1. The van der Waals surface area contributed by atoms with Gasteiger partial charge in [0.15, 0.2) is 0 Å². The van der Waals surface area contributed by atoms with Gasteiger partial charge < -0.3 is 0 Å². The lowest BCUT2D eigenvalue weighted by Crippen LogP contribution is -2.42. The van der Waals surface area contributed by atoms with Crippen LogP contribution < -0.4 is 5.48 Å². The fourth-order valence-electron chi connectivity index (χ4n) is 4.71. The first-order chi connectivity index (χ1) is 13.0. The Balaban J connectivity index is 1.82. The summed E-state index contributed by atoms with van der Waals surface area (Å²) in [7, 11) is 1.91. The Kier molecular flexibility index (Phi) is 4.23. The van der Waals surface area contributed by atoms with Crippen molar-refractivity contribution in [3.8, 4) is 0 Å². The Morgan fingerprint density at radius 1 is 1.33 bits per heavy atom. The van der Waals surface area contributed by atoms with Gasteiger partial charge in [0.25, 0.3) is 5.91 Å². The third-order valence-corrected chi connectivity index (χ3v) is 6.07. The van der Waals surface area contributed by atoms with Crippen LogP contribution in [0.25, 0.3) is 10.9 Å². The summed E-state index contributed by atoms with van der Waals surface area (Å²) in [5, 5.41) is 14.8. The predicted octanol–water partition coefficient (Wildman–Crippen LogP) is 3.73. The number of aromatic nitrogens is 2. The second-order valence-electron chi connectivity index (χ2n) is 7.43. The van der Waals surface area contributed by atoms with Crippen molar-refractivity contribution in [2.75, 3.05) is 0 Å². The minimum atomic E-state index is -0.952. The lowest BCUT2D eigenvalue weighted by Gasteiger charge is -2.29. The monoisotopic (exact) mass is 367 g/mol. The molecule has 0 saturated heterocycles. The van der Waals surface area contributed by atoms with Crippen molar-refractivity contribution in [3.05, 3.63) is 65.1 Å². The zero-order chi connectivity index (χ0) is 19.2. The number of hydrogen-bond acceptors (Lipinski definition) is 3. The first kappa shape index (κ1) is 17.7.